The minimum absolute atomic E-state index is 0.0286. The standard InChI is InChI=1S/C14H25N3O3/c1-11-10-16(2)7-4-8-17(11)13(20)15-14(5-3-6-14)9-12(18)19/h11H,3-10H2,1-2H3,(H,15,20)(H,18,19). The van der Waals surface area contributed by atoms with E-state index in [1.54, 1.807) is 0 Å². The Morgan fingerprint density at radius 3 is 2.55 bits per heavy atom. The third-order valence-electron chi connectivity index (χ3n) is 4.48. The van der Waals surface area contributed by atoms with Gasteiger partial charge < -0.3 is 20.2 Å². The molecule has 2 N–H and O–H groups in total. The molecule has 0 aromatic carbocycles. The van der Waals surface area contributed by atoms with E-state index in [1.807, 2.05) is 11.8 Å². The molecule has 2 fully saturated rings. The molecule has 1 saturated carbocycles. The number of carbonyl (C=O) groups is 2. The Balaban J connectivity index is 1.97. The van der Waals surface area contributed by atoms with E-state index in [-0.39, 0.29) is 18.5 Å². The van der Waals surface area contributed by atoms with E-state index in [1.165, 1.54) is 0 Å². The molecule has 0 aromatic heterocycles. The molecule has 1 atom stereocenters. The van der Waals surface area contributed by atoms with Crippen molar-refractivity contribution in [2.45, 2.75) is 50.6 Å². The zero-order valence-electron chi connectivity index (χ0n) is 12.4. The van der Waals surface area contributed by atoms with Crippen LogP contribution in [0.4, 0.5) is 4.79 Å². The molecule has 1 saturated heterocycles. The minimum Gasteiger partial charge on any atom is -0.481 e. The molecule has 20 heavy (non-hydrogen) atoms. The Bertz CT molecular complexity index is 382. The summed E-state index contributed by atoms with van der Waals surface area (Å²) in [7, 11) is 2.07. The van der Waals surface area contributed by atoms with Crippen molar-refractivity contribution in [2.24, 2.45) is 0 Å². The number of carboxylic acid groups (broad SMARTS) is 1. The number of hydrogen-bond donors (Lipinski definition) is 2. The smallest absolute Gasteiger partial charge is 0.318 e. The monoisotopic (exact) mass is 283 g/mol. The average molecular weight is 283 g/mol. The third-order valence-corrected chi connectivity index (χ3v) is 4.48. The first kappa shape index (κ1) is 15.1. The zero-order valence-corrected chi connectivity index (χ0v) is 12.4. The predicted octanol–water partition coefficient (Wildman–Crippen LogP) is 1.12. The van der Waals surface area contributed by atoms with Crippen molar-refractivity contribution < 1.29 is 14.7 Å². The summed E-state index contributed by atoms with van der Waals surface area (Å²) in [5.74, 6) is -0.839. The maximum atomic E-state index is 12.5. The van der Waals surface area contributed by atoms with Crippen molar-refractivity contribution >= 4 is 12.0 Å². The van der Waals surface area contributed by atoms with Crippen LogP contribution in [0.25, 0.3) is 0 Å². The van der Waals surface area contributed by atoms with E-state index < -0.39 is 11.5 Å². The van der Waals surface area contributed by atoms with E-state index in [9.17, 15) is 9.59 Å². The van der Waals surface area contributed by atoms with E-state index in [2.05, 4.69) is 17.3 Å². The molecule has 2 aliphatic rings. The van der Waals surface area contributed by atoms with Crippen molar-refractivity contribution in [1.82, 2.24) is 15.1 Å². The van der Waals surface area contributed by atoms with Crippen LogP contribution in [0, 0.1) is 0 Å². The summed E-state index contributed by atoms with van der Waals surface area (Å²) in [6, 6.07) is 0.0539. The third kappa shape index (κ3) is 3.42. The Labute approximate surface area is 120 Å². The van der Waals surface area contributed by atoms with E-state index in [0.29, 0.717) is 0 Å². The highest BCUT2D eigenvalue weighted by Crippen LogP contribution is 2.35. The number of aliphatic carboxylic acids is 1. The Morgan fingerprint density at radius 1 is 1.30 bits per heavy atom. The SMILES string of the molecule is CC1CN(C)CCCN1C(=O)NC1(CC(=O)O)CCC1. The molecule has 1 unspecified atom stereocenters. The van der Waals surface area contributed by atoms with Gasteiger partial charge >= 0.3 is 12.0 Å². The number of urea groups is 1. The molecule has 6 heteroatoms. The largest absolute Gasteiger partial charge is 0.481 e. The fourth-order valence-electron chi connectivity index (χ4n) is 3.21. The summed E-state index contributed by atoms with van der Waals surface area (Å²) >= 11 is 0. The fraction of sp³-hybridized carbons (Fsp3) is 0.857. The lowest BCUT2D eigenvalue weighted by atomic mass is 9.74. The van der Waals surface area contributed by atoms with Gasteiger partial charge in [-0.15, -0.1) is 0 Å². The van der Waals surface area contributed by atoms with Crippen molar-refractivity contribution in [3.8, 4) is 0 Å². The molecular formula is C14H25N3O3. The Morgan fingerprint density at radius 2 is 2.00 bits per heavy atom. The molecule has 1 heterocycles. The second-order valence-electron chi connectivity index (χ2n) is 6.29. The Kier molecular flexibility index (Phi) is 4.52. The molecule has 114 valence electrons. The maximum Gasteiger partial charge on any atom is 0.318 e. The second-order valence-corrected chi connectivity index (χ2v) is 6.29. The minimum atomic E-state index is -0.839. The first-order chi connectivity index (χ1) is 9.42. The first-order valence-electron chi connectivity index (χ1n) is 7.41. The average Bonchev–Trinajstić information content (AvgIpc) is 2.46. The van der Waals surface area contributed by atoms with Gasteiger partial charge in [-0.2, -0.15) is 0 Å². The number of rotatable bonds is 3. The number of nitrogens with zero attached hydrogens (tertiary/aromatic N) is 2. The van der Waals surface area contributed by atoms with Crippen molar-refractivity contribution in [3.63, 3.8) is 0 Å². The molecule has 1 aliphatic heterocycles. The number of carbonyl (C=O) groups excluding carboxylic acids is 1. The second kappa shape index (κ2) is 5.99. The predicted molar refractivity (Wildman–Crippen MR) is 75.6 cm³/mol. The van der Waals surface area contributed by atoms with Gasteiger partial charge in [0, 0.05) is 19.1 Å². The van der Waals surface area contributed by atoms with Crippen LogP contribution in [0.3, 0.4) is 0 Å². The fourth-order valence-corrected chi connectivity index (χ4v) is 3.21. The summed E-state index contributed by atoms with van der Waals surface area (Å²) in [6.45, 7) is 4.64. The van der Waals surface area contributed by atoms with Gasteiger partial charge in [0.1, 0.15) is 0 Å². The molecule has 0 radical (unpaired) electrons. The van der Waals surface area contributed by atoms with Crippen LogP contribution in [0.1, 0.15) is 39.0 Å². The van der Waals surface area contributed by atoms with Gasteiger partial charge in [0.15, 0.2) is 0 Å². The van der Waals surface area contributed by atoms with Gasteiger partial charge in [-0.1, -0.05) is 0 Å². The quantitative estimate of drug-likeness (QED) is 0.814. The van der Waals surface area contributed by atoms with Crippen LogP contribution in [0.5, 0.6) is 0 Å². The molecule has 2 amide bonds. The summed E-state index contributed by atoms with van der Waals surface area (Å²) < 4.78 is 0. The van der Waals surface area contributed by atoms with Gasteiger partial charge in [0.2, 0.25) is 0 Å². The van der Waals surface area contributed by atoms with Gasteiger partial charge in [0.05, 0.1) is 12.0 Å². The van der Waals surface area contributed by atoms with E-state index in [4.69, 9.17) is 5.11 Å². The summed E-state index contributed by atoms with van der Waals surface area (Å²) in [5.41, 5.74) is -0.513. The maximum absolute atomic E-state index is 12.5. The number of carboxylic acids is 1. The number of likely N-dealkylation sites (N-methyl/N-ethyl adjacent to an activating group) is 1. The topological polar surface area (TPSA) is 72.9 Å². The van der Waals surface area contributed by atoms with E-state index >= 15 is 0 Å². The molecule has 6 nitrogen and oxygen atoms in total. The molecule has 0 bridgehead atoms. The van der Waals surface area contributed by atoms with Gasteiger partial charge in [-0.25, -0.2) is 4.79 Å². The lowest BCUT2D eigenvalue weighted by molar-refractivity contribution is -0.139. The molecule has 0 aromatic rings. The first-order valence-corrected chi connectivity index (χ1v) is 7.41. The van der Waals surface area contributed by atoms with Crippen LogP contribution in [0.2, 0.25) is 0 Å². The van der Waals surface area contributed by atoms with Crippen molar-refractivity contribution in [1.29, 1.82) is 0 Å². The zero-order chi connectivity index (χ0) is 14.8. The van der Waals surface area contributed by atoms with E-state index in [0.717, 1.165) is 45.3 Å². The van der Waals surface area contributed by atoms with Crippen molar-refractivity contribution in [3.05, 3.63) is 0 Å². The highest BCUT2D eigenvalue weighted by Gasteiger charge is 2.41. The molecule has 1 aliphatic carbocycles. The lowest BCUT2D eigenvalue weighted by Crippen LogP contribution is -2.59. The summed E-state index contributed by atoms with van der Waals surface area (Å²) in [5, 5.41) is 12.0. The summed E-state index contributed by atoms with van der Waals surface area (Å²) in [4.78, 5) is 27.5. The highest BCUT2D eigenvalue weighted by atomic mass is 16.4. The molecular weight excluding hydrogens is 258 g/mol. The number of nitrogens with one attached hydrogen (secondary N) is 1. The Hall–Kier alpha value is -1.30. The van der Waals surface area contributed by atoms with Gasteiger partial charge in [-0.3, -0.25) is 4.79 Å². The normalized spacial score (nSPS) is 26.5. The van der Waals surface area contributed by atoms with Gasteiger partial charge in [-0.05, 0) is 46.2 Å². The number of amides is 2. The molecule has 2 rings (SSSR count). The van der Waals surface area contributed by atoms with Crippen LogP contribution in [0.15, 0.2) is 0 Å². The van der Waals surface area contributed by atoms with Crippen molar-refractivity contribution in [2.75, 3.05) is 26.7 Å². The van der Waals surface area contributed by atoms with Crippen LogP contribution < -0.4 is 5.32 Å². The molecule has 0 spiro atoms. The van der Waals surface area contributed by atoms with Gasteiger partial charge in [0.25, 0.3) is 0 Å². The summed E-state index contributed by atoms with van der Waals surface area (Å²) in [6.07, 6.45) is 3.52. The highest BCUT2D eigenvalue weighted by molar-refractivity contribution is 5.77. The van der Waals surface area contributed by atoms with Crippen LogP contribution in [-0.2, 0) is 4.79 Å². The number of hydrogen-bond acceptors (Lipinski definition) is 3. The van der Waals surface area contributed by atoms with Crippen LogP contribution >= 0.6 is 0 Å². The lowest BCUT2D eigenvalue weighted by Gasteiger charge is -2.43. The van der Waals surface area contributed by atoms with Crippen LogP contribution in [-0.4, -0.2) is 65.2 Å².